The second kappa shape index (κ2) is 9.29. The van der Waals surface area contributed by atoms with Gasteiger partial charge in [0.15, 0.2) is 17.4 Å². The number of halogens is 3. The molecule has 0 unspecified atom stereocenters. The Morgan fingerprint density at radius 3 is 2.43 bits per heavy atom. The van der Waals surface area contributed by atoms with Gasteiger partial charge in [-0.3, -0.25) is 9.59 Å². The topological polar surface area (TPSA) is 67.4 Å². The Kier molecular flexibility index (Phi) is 6.39. The summed E-state index contributed by atoms with van der Waals surface area (Å²) in [6, 6.07) is 12.6. The van der Waals surface area contributed by atoms with E-state index in [2.05, 4.69) is 10.6 Å². The zero-order valence-electron chi connectivity index (χ0n) is 19.3. The lowest BCUT2D eigenvalue weighted by Gasteiger charge is -2.35. The number of methoxy groups -OCH3 is 1. The van der Waals surface area contributed by atoms with Crippen LogP contribution in [0.4, 0.5) is 18.9 Å². The number of hydrogen-bond acceptors (Lipinski definition) is 4. The highest BCUT2D eigenvalue weighted by atomic mass is 19.2. The van der Waals surface area contributed by atoms with Crippen molar-refractivity contribution in [3.8, 4) is 5.75 Å². The molecule has 0 bridgehead atoms. The molecule has 0 spiro atoms. The van der Waals surface area contributed by atoms with E-state index in [9.17, 15) is 22.8 Å². The Hall–Kier alpha value is -4.07. The smallest absolute Gasteiger partial charge is 0.258 e. The quantitative estimate of drug-likeness (QED) is 0.287. The lowest BCUT2D eigenvalue weighted by Crippen LogP contribution is -2.43. The third-order valence-corrected chi connectivity index (χ3v) is 5.65. The minimum absolute atomic E-state index is 0.232. The molecule has 180 valence electrons. The molecule has 0 radical (unpaired) electrons. The van der Waals surface area contributed by atoms with Gasteiger partial charge in [-0.2, -0.15) is 0 Å². The summed E-state index contributed by atoms with van der Waals surface area (Å²) in [7, 11) is 1.58. The van der Waals surface area contributed by atoms with Crippen LogP contribution >= 0.6 is 0 Å². The Balaban J connectivity index is 1.55. The van der Waals surface area contributed by atoms with E-state index in [0.717, 1.165) is 17.5 Å². The van der Waals surface area contributed by atoms with Crippen LogP contribution in [0.1, 0.15) is 45.7 Å². The van der Waals surface area contributed by atoms with Crippen LogP contribution in [0.3, 0.4) is 0 Å². The van der Waals surface area contributed by atoms with E-state index in [4.69, 9.17) is 4.74 Å². The van der Waals surface area contributed by atoms with Gasteiger partial charge in [0, 0.05) is 40.2 Å². The molecule has 1 heterocycles. The first-order valence-corrected chi connectivity index (χ1v) is 10.8. The number of fused-ring (bicyclic) bond motifs is 1. The molecular weight excluding hydrogens is 457 g/mol. The molecule has 1 aliphatic heterocycles. The van der Waals surface area contributed by atoms with Crippen molar-refractivity contribution in [1.82, 2.24) is 5.32 Å². The number of anilines is 1. The number of ketones is 1. The van der Waals surface area contributed by atoms with Crippen molar-refractivity contribution in [2.75, 3.05) is 12.4 Å². The molecule has 8 heteroatoms. The van der Waals surface area contributed by atoms with Crippen LogP contribution in [-0.4, -0.2) is 24.3 Å². The summed E-state index contributed by atoms with van der Waals surface area (Å²) < 4.78 is 46.0. The molecule has 0 aromatic heterocycles. The van der Waals surface area contributed by atoms with Gasteiger partial charge in [0.2, 0.25) is 0 Å². The molecule has 0 fully saturated rings. The Morgan fingerprint density at radius 2 is 1.74 bits per heavy atom. The highest BCUT2D eigenvalue weighted by molar-refractivity contribution is 6.09. The Labute approximate surface area is 200 Å². The van der Waals surface area contributed by atoms with Crippen LogP contribution in [0.25, 0.3) is 5.70 Å². The van der Waals surface area contributed by atoms with Crippen LogP contribution < -0.4 is 15.4 Å². The van der Waals surface area contributed by atoms with Gasteiger partial charge in [0.05, 0.1) is 12.7 Å². The van der Waals surface area contributed by atoms with Gasteiger partial charge < -0.3 is 15.4 Å². The molecule has 1 aliphatic rings. The predicted molar refractivity (Wildman–Crippen MR) is 127 cm³/mol. The van der Waals surface area contributed by atoms with Gasteiger partial charge in [0.1, 0.15) is 11.6 Å². The number of nitrogens with one attached hydrogen (secondary N) is 2. The number of carbonyl (C=O) groups excluding carboxylic acids is 2. The molecule has 5 nitrogen and oxygen atoms in total. The van der Waals surface area contributed by atoms with Gasteiger partial charge in [-0.1, -0.05) is 6.07 Å². The zero-order chi connectivity index (χ0) is 25.3. The first kappa shape index (κ1) is 24.1. The van der Waals surface area contributed by atoms with E-state index in [1.807, 2.05) is 32.0 Å². The highest BCUT2D eigenvalue weighted by Gasteiger charge is 2.28. The molecule has 0 aliphatic carbocycles. The SMILES string of the molecule is COc1ccc2c(c1)/C(=C/C(=O)c1ccc(NC(=O)c3cc(F)cc(F)c3F)cc1)NC(C)(C)C2. The fraction of sp³-hybridized carbons (Fsp3) is 0.185. The molecule has 4 rings (SSSR count). The molecule has 0 atom stereocenters. The lowest BCUT2D eigenvalue weighted by molar-refractivity contribution is 0.101. The maximum Gasteiger partial charge on any atom is 0.258 e. The summed E-state index contributed by atoms with van der Waals surface area (Å²) in [5.74, 6) is -4.57. The van der Waals surface area contributed by atoms with E-state index >= 15 is 0 Å². The predicted octanol–water partition coefficient (Wildman–Crippen LogP) is 5.51. The maximum atomic E-state index is 13.9. The van der Waals surface area contributed by atoms with Gasteiger partial charge in [0.25, 0.3) is 5.91 Å². The minimum atomic E-state index is -1.46. The van der Waals surface area contributed by atoms with Crippen molar-refractivity contribution in [2.24, 2.45) is 0 Å². The van der Waals surface area contributed by atoms with Gasteiger partial charge in [-0.25, -0.2) is 13.2 Å². The number of benzene rings is 3. The summed E-state index contributed by atoms with van der Waals surface area (Å²) in [5.41, 5.74) is 2.21. The summed E-state index contributed by atoms with van der Waals surface area (Å²) in [4.78, 5) is 25.3. The molecule has 0 saturated heterocycles. The van der Waals surface area contributed by atoms with Gasteiger partial charge in [-0.05, 0) is 68.3 Å². The summed E-state index contributed by atoms with van der Waals surface area (Å²) >= 11 is 0. The maximum absolute atomic E-state index is 13.9. The number of hydrogen-bond donors (Lipinski definition) is 2. The molecule has 35 heavy (non-hydrogen) atoms. The number of allylic oxidation sites excluding steroid dienone is 1. The van der Waals surface area contributed by atoms with Gasteiger partial charge >= 0.3 is 0 Å². The fourth-order valence-electron chi connectivity index (χ4n) is 4.01. The van der Waals surface area contributed by atoms with E-state index in [1.165, 1.54) is 30.3 Å². The number of amides is 1. The van der Waals surface area contributed by atoms with Crippen molar-refractivity contribution in [3.05, 3.63) is 100 Å². The van der Waals surface area contributed by atoms with E-state index in [-0.39, 0.29) is 17.0 Å². The van der Waals surface area contributed by atoms with Crippen molar-refractivity contribution in [3.63, 3.8) is 0 Å². The number of carbonyl (C=O) groups is 2. The number of rotatable bonds is 5. The van der Waals surface area contributed by atoms with E-state index in [1.54, 1.807) is 7.11 Å². The number of ether oxygens (including phenoxy) is 1. The molecule has 1 amide bonds. The normalized spacial score (nSPS) is 15.2. The summed E-state index contributed by atoms with van der Waals surface area (Å²) in [6.45, 7) is 4.09. The first-order valence-electron chi connectivity index (χ1n) is 10.8. The summed E-state index contributed by atoms with van der Waals surface area (Å²) in [6.07, 6.45) is 2.29. The molecule has 2 N–H and O–H groups in total. The van der Waals surface area contributed by atoms with Crippen molar-refractivity contribution < 1.29 is 27.5 Å². The highest BCUT2D eigenvalue weighted by Crippen LogP contribution is 2.32. The van der Waals surface area contributed by atoms with Crippen LogP contribution in [0.15, 0.2) is 60.7 Å². The third-order valence-electron chi connectivity index (χ3n) is 5.65. The molecule has 0 saturated carbocycles. The molecular formula is C27H23F3N2O3. The standard InChI is InChI=1S/C27H23F3N2O3/c1-27(2)14-16-6-9-19(35-3)12-20(16)23(32-27)13-24(33)15-4-7-18(8-5-15)31-26(34)21-10-17(28)11-22(29)25(21)30/h4-13,32H,14H2,1-3H3,(H,31,34)/b23-13-. The third kappa shape index (κ3) is 5.21. The first-order chi connectivity index (χ1) is 16.6. The van der Waals surface area contributed by atoms with Gasteiger partial charge in [-0.15, -0.1) is 0 Å². The molecule has 3 aromatic rings. The van der Waals surface area contributed by atoms with Crippen LogP contribution in [0.5, 0.6) is 5.75 Å². The largest absolute Gasteiger partial charge is 0.497 e. The lowest BCUT2D eigenvalue weighted by atomic mass is 9.85. The van der Waals surface area contributed by atoms with Crippen molar-refractivity contribution in [2.45, 2.75) is 25.8 Å². The minimum Gasteiger partial charge on any atom is -0.497 e. The second-order valence-electron chi connectivity index (χ2n) is 8.91. The van der Waals surface area contributed by atoms with Crippen molar-refractivity contribution >= 4 is 23.1 Å². The average molecular weight is 480 g/mol. The Morgan fingerprint density at radius 1 is 1.03 bits per heavy atom. The Bertz CT molecular complexity index is 1350. The molecule has 3 aromatic carbocycles. The fourth-order valence-corrected chi connectivity index (χ4v) is 4.01. The van der Waals surface area contributed by atoms with Crippen LogP contribution in [0.2, 0.25) is 0 Å². The summed E-state index contributed by atoms with van der Waals surface area (Å²) in [5, 5.41) is 5.77. The monoisotopic (exact) mass is 480 g/mol. The van der Waals surface area contributed by atoms with E-state index < -0.39 is 28.9 Å². The van der Waals surface area contributed by atoms with E-state index in [0.29, 0.717) is 29.1 Å². The van der Waals surface area contributed by atoms with Crippen molar-refractivity contribution in [1.29, 1.82) is 0 Å². The van der Waals surface area contributed by atoms with Crippen LogP contribution in [0, 0.1) is 17.5 Å². The zero-order valence-corrected chi connectivity index (χ0v) is 19.3. The average Bonchev–Trinajstić information content (AvgIpc) is 2.80. The van der Waals surface area contributed by atoms with Crippen LogP contribution in [-0.2, 0) is 6.42 Å². The second-order valence-corrected chi connectivity index (χ2v) is 8.91.